The number of benzene rings is 2. The number of fused-ring (bicyclic) bond motifs is 1. The summed E-state index contributed by atoms with van der Waals surface area (Å²) in [5.41, 5.74) is -2.75. The lowest BCUT2D eigenvalue weighted by atomic mass is 9.89. The van der Waals surface area contributed by atoms with Gasteiger partial charge in [-0.3, -0.25) is 9.59 Å². The molecule has 0 bridgehead atoms. The number of alkyl halides is 4. The zero-order chi connectivity index (χ0) is 29.5. The van der Waals surface area contributed by atoms with E-state index in [2.05, 4.69) is 5.32 Å². The first-order chi connectivity index (χ1) is 19.2. The van der Waals surface area contributed by atoms with Crippen molar-refractivity contribution in [1.29, 1.82) is 0 Å². The average Bonchev–Trinajstić information content (AvgIpc) is 3.82. The highest BCUT2D eigenvalue weighted by molar-refractivity contribution is 7.88. The molecular formula is C28H28F5N3O4S. The number of likely N-dealkylation sites (tertiary alicyclic amines) is 1. The highest BCUT2D eigenvalue weighted by Crippen LogP contribution is 2.49. The SMILES string of the molecule is CS(=O)(=O)N1CC(F)(c2cccc(C(=O)N3[C@@H](C(=O)N[C@@H](c4ccc(C(F)(F)F)cc4F)C4CC4)CC4C[C@H]43)c2)C1. The molecule has 6 rings (SSSR count). The summed E-state index contributed by atoms with van der Waals surface area (Å²) in [4.78, 5) is 28.6. The Morgan fingerprint density at radius 2 is 1.78 bits per heavy atom. The van der Waals surface area contributed by atoms with Gasteiger partial charge in [0, 0.05) is 17.2 Å². The lowest BCUT2D eigenvalue weighted by Crippen LogP contribution is -2.58. The van der Waals surface area contributed by atoms with E-state index in [1.54, 1.807) is 0 Å². The monoisotopic (exact) mass is 597 g/mol. The number of nitrogens with zero attached hydrogens (tertiary/aromatic N) is 2. The molecule has 0 aromatic heterocycles. The Bertz CT molecular complexity index is 1520. The molecule has 4 fully saturated rings. The predicted octanol–water partition coefficient (Wildman–Crippen LogP) is 4.16. The van der Waals surface area contributed by atoms with Gasteiger partial charge >= 0.3 is 6.18 Å². The van der Waals surface area contributed by atoms with Gasteiger partial charge < -0.3 is 10.2 Å². The quantitative estimate of drug-likeness (QED) is 0.486. The topological polar surface area (TPSA) is 86.8 Å². The molecule has 2 aliphatic carbocycles. The largest absolute Gasteiger partial charge is 0.416 e. The Kier molecular flexibility index (Phi) is 6.49. The lowest BCUT2D eigenvalue weighted by molar-refractivity contribution is -0.137. The van der Waals surface area contributed by atoms with E-state index in [9.17, 15) is 35.6 Å². The second kappa shape index (κ2) is 9.48. The first-order valence-electron chi connectivity index (χ1n) is 13.4. The van der Waals surface area contributed by atoms with Crippen LogP contribution in [0.1, 0.15) is 58.8 Å². The van der Waals surface area contributed by atoms with Gasteiger partial charge in [0.25, 0.3) is 5.91 Å². The van der Waals surface area contributed by atoms with Crippen molar-refractivity contribution in [1.82, 2.24) is 14.5 Å². The van der Waals surface area contributed by atoms with Crippen LogP contribution in [0, 0.1) is 17.7 Å². The minimum absolute atomic E-state index is 0.0283. The minimum Gasteiger partial charge on any atom is -0.347 e. The average molecular weight is 598 g/mol. The minimum atomic E-state index is -4.70. The van der Waals surface area contributed by atoms with Gasteiger partial charge in [0.05, 0.1) is 31.0 Å². The third kappa shape index (κ3) is 5.22. The summed E-state index contributed by atoms with van der Waals surface area (Å²) in [5.74, 6) is -2.05. The molecule has 13 heteroatoms. The maximum Gasteiger partial charge on any atom is 0.416 e. The summed E-state index contributed by atoms with van der Waals surface area (Å²) in [7, 11) is -3.55. The molecule has 2 aliphatic heterocycles. The van der Waals surface area contributed by atoms with E-state index in [1.165, 1.54) is 29.2 Å². The van der Waals surface area contributed by atoms with Crippen molar-refractivity contribution in [2.75, 3.05) is 19.3 Å². The molecule has 7 nitrogen and oxygen atoms in total. The van der Waals surface area contributed by atoms with Crippen molar-refractivity contribution in [2.45, 2.75) is 55.7 Å². The fraction of sp³-hybridized carbons (Fsp3) is 0.500. The van der Waals surface area contributed by atoms with Crippen molar-refractivity contribution in [2.24, 2.45) is 11.8 Å². The molecule has 2 heterocycles. The highest BCUT2D eigenvalue weighted by atomic mass is 32.2. The maximum atomic E-state index is 15.5. The highest BCUT2D eigenvalue weighted by Gasteiger charge is 2.57. The predicted molar refractivity (Wildman–Crippen MR) is 137 cm³/mol. The number of nitrogens with one attached hydrogen (secondary N) is 1. The standard InChI is InChI=1S/C28H28F5N3O4S/c1-41(39,40)35-13-27(30,14-35)18-4-2-3-16(9-18)26(38)36-22-10-17(22)11-23(36)25(37)34-24(15-5-6-15)20-8-7-19(12-21(20)29)28(31,32)33/h2-4,7-9,12,15,17,22-24H,5-6,10-11,13-14H2,1H3,(H,34,37)/t17?,22-,23-,24-/m1/s1. The van der Waals surface area contributed by atoms with E-state index in [4.69, 9.17) is 0 Å². The van der Waals surface area contributed by atoms with Crippen molar-refractivity contribution in [3.05, 3.63) is 70.5 Å². The normalized spacial score (nSPS) is 26.2. The molecular weight excluding hydrogens is 569 g/mol. The Labute approximate surface area is 233 Å². The summed E-state index contributed by atoms with van der Waals surface area (Å²) < 4.78 is 93.8. The fourth-order valence-electron chi connectivity index (χ4n) is 6.08. The molecule has 2 aromatic rings. The van der Waals surface area contributed by atoms with Crippen LogP contribution in [0.4, 0.5) is 22.0 Å². The van der Waals surface area contributed by atoms with Crippen LogP contribution in [0.3, 0.4) is 0 Å². The number of sulfonamides is 1. The van der Waals surface area contributed by atoms with E-state index in [-0.39, 0.29) is 47.7 Å². The molecule has 1 unspecified atom stereocenters. The van der Waals surface area contributed by atoms with Crippen LogP contribution >= 0.6 is 0 Å². The van der Waals surface area contributed by atoms with Gasteiger partial charge in [0.15, 0.2) is 5.67 Å². The van der Waals surface area contributed by atoms with Crippen LogP contribution < -0.4 is 5.32 Å². The second-order valence-corrected chi connectivity index (χ2v) is 13.6. The maximum absolute atomic E-state index is 15.5. The van der Waals surface area contributed by atoms with Gasteiger partial charge in [-0.2, -0.15) is 17.5 Å². The van der Waals surface area contributed by atoms with Crippen molar-refractivity contribution >= 4 is 21.8 Å². The fourth-order valence-corrected chi connectivity index (χ4v) is 6.95. The first kappa shape index (κ1) is 28.1. The summed E-state index contributed by atoms with van der Waals surface area (Å²) in [5, 5.41) is 2.81. The number of piperidine rings is 1. The van der Waals surface area contributed by atoms with Crippen molar-refractivity contribution < 1.29 is 40.0 Å². The van der Waals surface area contributed by atoms with Crippen molar-refractivity contribution in [3.63, 3.8) is 0 Å². The van der Waals surface area contributed by atoms with Gasteiger partial charge in [-0.15, -0.1) is 0 Å². The van der Waals surface area contributed by atoms with Gasteiger partial charge in [0.2, 0.25) is 15.9 Å². The van der Waals surface area contributed by atoms with Gasteiger partial charge in [-0.1, -0.05) is 18.2 Å². The smallest absolute Gasteiger partial charge is 0.347 e. The van der Waals surface area contributed by atoms with E-state index >= 15 is 4.39 Å². The molecule has 2 aromatic carbocycles. The Hall–Kier alpha value is -3.06. The number of hydrogen-bond acceptors (Lipinski definition) is 4. The molecule has 0 spiro atoms. The molecule has 220 valence electrons. The van der Waals surface area contributed by atoms with Gasteiger partial charge in [0.1, 0.15) is 11.9 Å². The number of halogens is 5. The van der Waals surface area contributed by atoms with Crippen LogP contribution in [-0.4, -0.2) is 60.9 Å². The lowest BCUT2D eigenvalue weighted by Gasteiger charge is -2.43. The Morgan fingerprint density at radius 1 is 1.07 bits per heavy atom. The molecule has 4 atom stereocenters. The van der Waals surface area contributed by atoms with Gasteiger partial charge in [-0.25, -0.2) is 17.2 Å². The molecule has 2 saturated carbocycles. The third-order valence-electron chi connectivity index (χ3n) is 8.65. The number of amides is 2. The van der Waals surface area contributed by atoms with Gasteiger partial charge in [-0.05, 0) is 67.3 Å². The van der Waals surface area contributed by atoms with Crippen LogP contribution in [-0.2, 0) is 26.7 Å². The summed E-state index contributed by atoms with van der Waals surface area (Å²) >= 11 is 0. The Balaban J connectivity index is 1.20. The number of carbonyl (C=O) groups is 2. The second-order valence-electron chi connectivity index (χ2n) is 11.7. The third-order valence-corrected chi connectivity index (χ3v) is 9.84. The van der Waals surface area contributed by atoms with E-state index < -0.39 is 57.1 Å². The molecule has 2 amide bonds. The van der Waals surface area contributed by atoms with E-state index in [0.29, 0.717) is 31.7 Å². The zero-order valence-electron chi connectivity index (χ0n) is 22.0. The summed E-state index contributed by atoms with van der Waals surface area (Å²) in [6.45, 7) is -0.710. The molecule has 1 N–H and O–H groups in total. The van der Waals surface area contributed by atoms with Crippen molar-refractivity contribution in [3.8, 4) is 0 Å². The molecule has 2 saturated heterocycles. The first-order valence-corrected chi connectivity index (χ1v) is 15.2. The van der Waals surface area contributed by atoms with Crippen LogP contribution in [0.25, 0.3) is 0 Å². The van der Waals surface area contributed by atoms with E-state index in [1.807, 2.05) is 0 Å². The molecule has 41 heavy (non-hydrogen) atoms. The Morgan fingerprint density at radius 3 is 2.39 bits per heavy atom. The summed E-state index contributed by atoms with van der Waals surface area (Å²) in [6, 6.07) is 6.31. The van der Waals surface area contributed by atoms with E-state index in [0.717, 1.165) is 22.7 Å². The van der Waals surface area contributed by atoms with Crippen LogP contribution in [0.15, 0.2) is 42.5 Å². The number of rotatable bonds is 7. The zero-order valence-corrected chi connectivity index (χ0v) is 22.8. The molecule has 0 radical (unpaired) electrons. The summed E-state index contributed by atoms with van der Waals surface area (Å²) in [6.07, 6.45) is -1.24. The number of carbonyl (C=O) groups excluding carboxylic acids is 2. The van der Waals surface area contributed by atoms with Crippen LogP contribution in [0.2, 0.25) is 0 Å². The number of hydrogen-bond donors (Lipinski definition) is 1. The van der Waals surface area contributed by atoms with Crippen LogP contribution in [0.5, 0.6) is 0 Å². The molecule has 4 aliphatic rings.